The molecule has 6 aromatic rings. The van der Waals surface area contributed by atoms with Crippen molar-refractivity contribution in [3.8, 4) is 28.4 Å². The first-order valence-corrected chi connectivity index (χ1v) is 17.7. The fourth-order valence-corrected chi connectivity index (χ4v) is 8.08. The SMILES string of the molecule is COc1ccc(/C=C/c2nc3s/c(=C\c4cn(-c5ccccc5)nc4-c4ccc(S(=O)(=O)N5CCCCC5)cc4)c(=O)n3n2)cc1OC. The average Bonchev–Trinajstić information content (AvgIpc) is 3.82. The largest absolute Gasteiger partial charge is 0.493 e. The van der Waals surface area contributed by atoms with Gasteiger partial charge in [-0.15, -0.1) is 5.10 Å². The van der Waals surface area contributed by atoms with Crippen LogP contribution in [-0.4, -0.2) is 64.4 Å². The molecule has 1 aliphatic heterocycles. The Morgan fingerprint density at radius 1 is 0.854 bits per heavy atom. The van der Waals surface area contributed by atoms with E-state index in [1.54, 1.807) is 59.6 Å². The lowest BCUT2D eigenvalue weighted by Gasteiger charge is -2.25. The number of hydrogen-bond donors (Lipinski definition) is 0. The zero-order valence-corrected chi connectivity index (χ0v) is 27.9. The highest BCUT2D eigenvalue weighted by Gasteiger charge is 2.26. The highest BCUT2D eigenvalue weighted by Crippen LogP contribution is 2.29. The number of benzene rings is 3. The van der Waals surface area contributed by atoms with Crippen molar-refractivity contribution in [2.45, 2.75) is 24.2 Å². The van der Waals surface area contributed by atoms with E-state index in [0.717, 1.165) is 36.1 Å². The highest BCUT2D eigenvalue weighted by atomic mass is 32.2. The molecule has 48 heavy (non-hydrogen) atoms. The van der Waals surface area contributed by atoms with Crippen molar-refractivity contribution in [2.75, 3.05) is 27.3 Å². The first-order chi connectivity index (χ1) is 23.3. The Labute approximate surface area is 281 Å². The van der Waals surface area contributed by atoms with Gasteiger partial charge in [-0.1, -0.05) is 60.2 Å². The maximum atomic E-state index is 13.5. The fourth-order valence-electron chi connectivity index (χ4n) is 5.66. The highest BCUT2D eigenvalue weighted by molar-refractivity contribution is 7.89. The van der Waals surface area contributed by atoms with Gasteiger partial charge in [-0.2, -0.15) is 18.9 Å². The van der Waals surface area contributed by atoms with E-state index in [4.69, 9.17) is 14.6 Å². The van der Waals surface area contributed by atoms with Gasteiger partial charge in [0.25, 0.3) is 5.56 Å². The van der Waals surface area contributed by atoms with Crippen molar-refractivity contribution in [2.24, 2.45) is 0 Å². The maximum absolute atomic E-state index is 13.5. The van der Waals surface area contributed by atoms with E-state index in [1.807, 2.05) is 60.8 Å². The number of piperidine rings is 1. The van der Waals surface area contributed by atoms with Crippen LogP contribution in [0.15, 0.2) is 88.7 Å². The molecular weight excluding hydrogens is 649 g/mol. The van der Waals surface area contributed by atoms with Gasteiger partial charge in [-0.25, -0.2) is 13.1 Å². The van der Waals surface area contributed by atoms with Crippen LogP contribution < -0.4 is 19.6 Å². The second-order valence-electron chi connectivity index (χ2n) is 11.2. The summed E-state index contributed by atoms with van der Waals surface area (Å²) in [6, 6.07) is 22.0. The molecule has 3 aromatic heterocycles. The summed E-state index contributed by atoms with van der Waals surface area (Å²) in [6.07, 6.45) is 10.0. The van der Waals surface area contributed by atoms with Crippen molar-refractivity contribution >= 4 is 44.5 Å². The van der Waals surface area contributed by atoms with Gasteiger partial charge in [0.15, 0.2) is 17.3 Å². The Hall–Kier alpha value is -5.11. The molecule has 244 valence electrons. The number of fused-ring (bicyclic) bond motifs is 1. The molecule has 11 nitrogen and oxygen atoms in total. The predicted octanol–water partition coefficient (Wildman–Crippen LogP) is 4.91. The van der Waals surface area contributed by atoms with Crippen molar-refractivity contribution in [3.63, 3.8) is 0 Å². The van der Waals surface area contributed by atoms with Gasteiger partial charge in [-0.3, -0.25) is 4.79 Å². The minimum atomic E-state index is -3.57. The van der Waals surface area contributed by atoms with Crippen molar-refractivity contribution in [1.82, 2.24) is 28.7 Å². The molecule has 7 rings (SSSR count). The van der Waals surface area contributed by atoms with Crippen molar-refractivity contribution in [3.05, 3.63) is 111 Å². The smallest absolute Gasteiger partial charge is 0.291 e. The predicted molar refractivity (Wildman–Crippen MR) is 186 cm³/mol. The zero-order valence-electron chi connectivity index (χ0n) is 26.3. The topological polar surface area (TPSA) is 121 Å². The number of ether oxygens (including phenoxy) is 2. The number of sulfonamides is 1. The Bertz CT molecular complexity index is 2340. The number of aromatic nitrogens is 5. The van der Waals surface area contributed by atoms with Crippen LogP contribution in [0, 0.1) is 0 Å². The van der Waals surface area contributed by atoms with E-state index in [0.29, 0.717) is 51.2 Å². The molecule has 1 aliphatic rings. The minimum absolute atomic E-state index is 0.254. The molecule has 3 aromatic carbocycles. The second-order valence-corrected chi connectivity index (χ2v) is 14.2. The van der Waals surface area contributed by atoms with Crippen LogP contribution in [0.1, 0.15) is 36.2 Å². The van der Waals surface area contributed by atoms with Gasteiger partial charge in [0.2, 0.25) is 15.0 Å². The van der Waals surface area contributed by atoms with Crippen LogP contribution in [0.2, 0.25) is 0 Å². The average molecular weight is 681 g/mol. The van der Waals surface area contributed by atoms with E-state index >= 15 is 0 Å². The molecule has 0 saturated carbocycles. The van der Waals surface area contributed by atoms with Gasteiger partial charge in [-0.05, 0) is 67.0 Å². The van der Waals surface area contributed by atoms with E-state index in [2.05, 4.69) is 10.1 Å². The fraction of sp³-hybridized carbons (Fsp3) is 0.200. The Balaban J connectivity index is 1.23. The quantitative estimate of drug-likeness (QED) is 0.211. The Morgan fingerprint density at radius 3 is 2.31 bits per heavy atom. The number of hydrogen-bond acceptors (Lipinski definition) is 9. The van der Waals surface area contributed by atoms with Crippen LogP contribution in [0.5, 0.6) is 11.5 Å². The third-order valence-electron chi connectivity index (χ3n) is 8.16. The van der Waals surface area contributed by atoms with Gasteiger partial charge in [0, 0.05) is 30.4 Å². The summed E-state index contributed by atoms with van der Waals surface area (Å²) in [6.45, 7) is 1.08. The molecule has 0 amide bonds. The van der Waals surface area contributed by atoms with E-state index in [9.17, 15) is 13.2 Å². The zero-order chi connectivity index (χ0) is 33.3. The van der Waals surface area contributed by atoms with Gasteiger partial charge in [0.05, 0.1) is 35.0 Å². The molecule has 0 N–H and O–H groups in total. The molecule has 1 saturated heterocycles. The van der Waals surface area contributed by atoms with E-state index in [-0.39, 0.29) is 10.5 Å². The molecular formula is C35H32N6O5S2. The first kappa shape index (κ1) is 31.5. The summed E-state index contributed by atoms with van der Waals surface area (Å²) in [7, 11) is -0.410. The number of nitrogens with zero attached hydrogens (tertiary/aromatic N) is 6. The molecule has 0 unspecified atom stereocenters. The van der Waals surface area contributed by atoms with Crippen molar-refractivity contribution in [1.29, 1.82) is 0 Å². The van der Waals surface area contributed by atoms with Crippen LogP contribution in [0.25, 0.3) is 40.1 Å². The molecule has 13 heteroatoms. The third-order valence-corrected chi connectivity index (χ3v) is 11.0. The second kappa shape index (κ2) is 13.2. The summed E-state index contributed by atoms with van der Waals surface area (Å²) >= 11 is 1.23. The van der Waals surface area contributed by atoms with Crippen LogP contribution >= 0.6 is 11.3 Å². The Kier molecular flexibility index (Phi) is 8.65. The molecule has 0 radical (unpaired) electrons. The number of rotatable bonds is 9. The van der Waals surface area contributed by atoms with Gasteiger partial charge < -0.3 is 9.47 Å². The van der Waals surface area contributed by atoms with Gasteiger partial charge in [0.1, 0.15) is 0 Å². The third kappa shape index (κ3) is 6.15. The molecule has 0 bridgehead atoms. The molecule has 0 spiro atoms. The summed E-state index contributed by atoms with van der Waals surface area (Å²) in [4.78, 5) is 18.8. The number of para-hydroxylation sites is 1. The lowest BCUT2D eigenvalue weighted by molar-refractivity contribution is 0.346. The number of thiazole rings is 1. The standard InChI is InChI=1S/C35H32N6O5S2/c1-45-29-17-11-24(21-30(29)46-2)12-18-32-36-35-41(37-32)34(42)31(47-35)22-26-23-40(27-9-5-3-6-10-27)38-33(26)25-13-15-28(16-14-25)48(43,44)39-19-7-4-8-20-39/h3,5-6,9-18,21-23H,4,7-8,19-20H2,1-2H3/b18-12+,31-22-. The first-order valence-electron chi connectivity index (χ1n) is 15.4. The van der Waals surface area contributed by atoms with Crippen LogP contribution in [-0.2, 0) is 10.0 Å². The van der Waals surface area contributed by atoms with E-state index in [1.165, 1.54) is 15.9 Å². The van der Waals surface area contributed by atoms with E-state index < -0.39 is 10.0 Å². The maximum Gasteiger partial charge on any atom is 0.291 e. The number of methoxy groups -OCH3 is 2. The summed E-state index contributed by atoms with van der Waals surface area (Å²) in [5, 5.41) is 9.28. The summed E-state index contributed by atoms with van der Waals surface area (Å²) in [5.74, 6) is 1.64. The Morgan fingerprint density at radius 2 is 1.60 bits per heavy atom. The summed E-state index contributed by atoms with van der Waals surface area (Å²) in [5.41, 5.74) is 3.44. The van der Waals surface area contributed by atoms with Gasteiger partial charge >= 0.3 is 0 Å². The summed E-state index contributed by atoms with van der Waals surface area (Å²) < 4.78 is 42.2. The molecule has 0 atom stereocenters. The van der Waals surface area contributed by atoms with Crippen LogP contribution in [0.3, 0.4) is 0 Å². The molecule has 0 aliphatic carbocycles. The lowest BCUT2D eigenvalue weighted by atomic mass is 10.1. The van der Waals surface area contributed by atoms with Crippen molar-refractivity contribution < 1.29 is 17.9 Å². The normalized spacial score (nSPS) is 14.7. The minimum Gasteiger partial charge on any atom is -0.493 e. The lowest BCUT2D eigenvalue weighted by Crippen LogP contribution is -2.35. The monoisotopic (exact) mass is 680 g/mol. The molecule has 4 heterocycles. The molecule has 1 fully saturated rings. The van der Waals surface area contributed by atoms with Crippen LogP contribution in [0.4, 0.5) is 0 Å².